The van der Waals surface area contributed by atoms with Gasteiger partial charge in [0.1, 0.15) is 0 Å². The van der Waals surface area contributed by atoms with Crippen molar-refractivity contribution in [2.45, 2.75) is 24.7 Å². The first kappa shape index (κ1) is 13.1. The Balaban J connectivity index is 2.81. The normalized spacial score (nSPS) is 12.8. The minimum absolute atomic E-state index is 0.562. The highest BCUT2D eigenvalue weighted by Gasteiger charge is 2.07. The van der Waals surface area contributed by atoms with Crippen molar-refractivity contribution in [3.05, 3.63) is 28.2 Å². The summed E-state index contributed by atoms with van der Waals surface area (Å²) >= 11 is 5.50. The summed E-state index contributed by atoms with van der Waals surface area (Å²) in [6, 6.07) is 6.67. The number of nitrogens with one attached hydrogen (secondary N) is 1. The number of hydrogen-bond acceptors (Lipinski definition) is 2. The molecule has 0 amide bonds. The van der Waals surface area contributed by atoms with Gasteiger partial charge in [-0.2, -0.15) is 0 Å². The molecule has 0 radical (unpaired) electrons. The molecule has 0 bridgehead atoms. The zero-order valence-electron chi connectivity index (χ0n) is 9.51. The number of halogens is 1. The fraction of sp³-hybridized carbons (Fsp3) is 0.500. The van der Waals surface area contributed by atoms with Crippen LogP contribution in [0.3, 0.4) is 0 Å². The van der Waals surface area contributed by atoms with Crippen LogP contribution in [0.2, 0.25) is 0 Å². The van der Waals surface area contributed by atoms with E-state index in [2.05, 4.69) is 53.3 Å². The highest BCUT2D eigenvalue weighted by atomic mass is 79.9. The summed E-state index contributed by atoms with van der Waals surface area (Å²) < 4.78 is 1.22. The van der Waals surface area contributed by atoms with Gasteiger partial charge in [-0.05, 0) is 52.3 Å². The number of rotatable bonds is 5. The molecule has 0 aliphatic carbocycles. The molecule has 84 valence electrons. The summed E-state index contributed by atoms with van der Waals surface area (Å²) in [6.07, 6.45) is 0. The first-order valence-electron chi connectivity index (χ1n) is 5.25. The van der Waals surface area contributed by atoms with E-state index in [0.29, 0.717) is 5.92 Å². The largest absolute Gasteiger partial charge is 0.319 e. The molecule has 0 aliphatic rings. The molecule has 0 aromatic heterocycles. The van der Waals surface area contributed by atoms with Gasteiger partial charge in [0, 0.05) is 15.9 Å². The van der Waals surface area contributed by atoms with Crippen LogP contribution in [-0.4, -0.2) is 19.3 Å². The van der Waals surface area contributed by atoms with E-state index in [-0.39, 0.29) is 0 Å². The van der Waals surface area contributed by atoms with Crippen LogP contribution in [0.25, 0.3) is 0 Å². The van der Waals surface area contributed by atoms with E-state index < -0.39 is 0 Å². The molecule has 1 aromatic rings. The van der Waals surface area contributed by atoms with Crippen LogP contribution < -0.4 is 5.32 Å². The monoisotopic (exact) mass is 287 g/mol. The van der Waals surface area contributed by atoms with Crippen molar-refractivity contribution in [2.75, 3.05) is 19.3 Å². The predicted molar refractivity (Wildman–Crippen MR) is 72.9 cm³/mol. The van der Waals surface area contributed by atoms with Crippen LogP contribution in [0.5, 0.6) is 0 Å². The van der Waals surface area contributed by atoms with Crippen LogP contribution in [0.4, 0.5) is 0 Å². The van der Waals surface area contributed by atoms with E-state index in [1.807, 2.05) is 18.8 Å². The van der Waals surface area contributed by atoms with Gasteiger partial charge in [0.2, 0.25) is 0 Å². The zero-order chi connectivity index (χ0) is 11.3. The molecule has 1 unspecified atom stereocenters. The molecule has 0 spiro atoms. The van der Waals surface area contributed by atoms with Crippen molar-refractivity contribution >= 4 is 27.7 Å². The molecule has 1 atom stereocenters. The van der Waals surface area contributed by atoms with Gasteiger partial charge >= 0.3 is 0 Å². The fourth-order valence-corrected chi connectivity index (χ4v) is 2.93. The van der Waals surface area contributed by atoms with E-state index in [0.717, 1.165) is 12.3 Å². The van der Waals surface area contributed by atoms with Crippen LogP contribution >= 0.6 is 27.7 Å². The van der Waals surface area contributed by atoms with Crippen LogP contribution in [0.1, 0.15) is 25.3 Å². The van der Waals surface area contributed by atoms with Crippen LogP contribution in [0, 0.1) is 0 Å². The molecule has 1 N–H and O–H groups in total. The van der Waals surface area contributed by atoms with E-state index >= 15 is 0 Å². The Morgan fingerprint density at radius 3 is 2.73 bits per heavy atom. The van der Waals surface area contributed by atoms with Crippen molar-refractivity contribution in [3.63, 3.8) is 0 Å². The van der Waals surface area contributed by atoms with Crippen molar-refractivity contribution in [1.82, 2.24) is 5.32 Å². The number of thioether (sulfide) groups is 1. The second-order valence-corrected chi connectivity index (χ2v) is 5.74. The lowest BCUT2D eigenvalue weighted by Gasteiger charge is -2.13. The molecular formula is C12H18BrNS. The Hall–Kier alpha value is 0.01000. The number of hydrogen-bond donors (Lipinski definition) is 1. The maximum absolute atomic E-state index is 3.63. The van der Waals surface area contributed by atoms with Crippen molar-refractivity contribution in [1.29, 1.82) is 0 Å². The summed E-state index contributed by atoms with van der Waals surface area (Å²) in [5.74, 6) is 1.68. The minimum Gasteiger partial charge on any atom is -0.319 e. The number of likely N-dealkylation sites (N-methyl/N-ethyl adjacent to an activating group) is 1. The van der Waals surface area contributed by atoms with Gasteiger partial charge in [0.25, 0.3) is 0 Å². The van der Waals surface area contributed by atoms with E-state index in [9.17, 15) is 0 Å². The maximum atomic E-state index is 3.63. The van der Waals surface area contributed by atoms with Gasteiger partial charge < -0.3 is 5.32 Å². The Morgan fingerprint density at radius 1 is 1.47 bits per heavy atom. The second kappa shape index (κ2) is 6.56. The molecule has 0 aliphatic heterocycles. The lowest BCUT2D eigenvalue weighted by atomic mass is 10.0. The standard InChI is InChI=1S/C12H18BrNS/c1-4-15-12-6-5-10(7-11(12)13)9(2)8-14-3/h5-7,9,14H,4,8H2,1-3H3. The van der Waals surface area contributed by atoms with Crippen molar-refractivity contribution in [2.24, 2.45) is 0 Å². The Labute approximate surface area is 105 Å². The van der Waals surface area contributed by atoms with Gasteiger partial charge in [0.05, 0.1) is 0 Å². The van der Waals surface area contributed by atoms with Gasteiger partial charge in [-0.25, -0.2) is 0 Å². The molecule has 0 saturated heterocycles. The molecule has 0 fully saturated rings. The summed E-state index contributed by atoms with van der Waals surface area (Å²) in [5, 5.41) is 3.20. The Morgan fingerprint density at radius 2 is 2.20 bits per heavy atom. The number of benzene rings is 1. The topological polar surface area (TPSA) is 12.0 Å². The van der Waals surface area contributed by atoms with Gasteiger partial charge in [-0.15, -0.1) is 11.8 Å². The van der Waals surface area contributed by atoms with Crippen molar-refractivity contribution in [3.8, 4) is 0 Å². The quantitative estimate of drug-likeness (QED) is 0.825. The molecule has 1 rings (SSSR count). The molecule has 0 heterocycles. The predicted octanol–water partition coefficient (Wildman–Crippen LogP) is 3.88. The highest BCUT2D eigenvalue weighted by Crippen LogP contribution is 2.30. The summed E-state index contributed by atoms with van der Waals surface area (Å²) in [5.41, 5.74) is 1.39. The third kappa shape index (κ3) is 3.82. The lowest BCUT2D eigenvalue weighted by molar-refractivity contribution is 0.677. The highest BCUT2D eigenvalue weighted by molar-refractivity contribution is 9.10. The maximum Gasteiger partial charge on any atom is 0.0314 e. The second-order valence-electron chi connectivity index (χ2n) is 3.58. The lowest BCUT2D eigenvalue weighted by Crippen LogP contribution is -2.14. The van der Waals surface area contributed by atoms with Crippen molar-refractivity contribution < 1.29 is 0 Å². The summed E-state index contributed by atoms with van der Waals surface area (Å²) in [7, 11) is 1.99. The van der Waals surface area contributed by atoms with Crippen LogP contribution in [0.15, 0.2) is 27.6 Å². The molecule has 1 nitrogen and oxygen atoms in total. The smallest absolute Gasteiger partial charge is 0.0314 e. The molecular weight excluding hydrogens is 270 g/mol. The van der Waals surface area contributed by atoms with Gasteiger partial charge in [0.15, 0.2) is 0 Å². The van der Waals surface area contributed by atoms with Gasteiger partial charge in [-0.3, -0.25) is 0 Å². The molecule has 1 aromatic carbocycles. The minimum atomic E-state index is 0.562. The Kier molecular flexibility index (Phi) is 5.72. The SMILES string of the molecule is CCSc1ccc(C(C)CNC)cc1Br. The fourth-order valence-electron chi connectivity index (χ4n) is 1.52. The molecule has 3 heteroatoms. The summed E-state index contributed by atoms with van der Waals surface area (Å²) in [4.78, 5) is 1.33. The average molecular weight is 288 g/mol. The summed E-state index contributed by atoms with van der Waals surface area (Å²) in [6.45, 7) is 5.44. The van der Waals surface area contributed by atoms with E-state index in [1.54, 1.807) is 0 Å². The molecule has 15 heavy (non-hydrogen) atoms. The van der Waals surface area contributed by atoms with Gasteiger partial charge in [-0.1, -0.05) is 19.9 Å². The average Bonchev–Trinajstić information content (AvgIpc) is 2.21. The van der Waals surface area contributed by atoms with Crippen LogP contribution in [-0.2, 0) is 0 Å². The first-order chi connectivity index (χ1) is 7.19. The third-order valence-electron chi connectivity index (χ3n) is 2.34. The molecule has 0 saturated carbocycles. The Bertz CT molecular complexity index is 314. The van der Waals surface area contributed by atoms with E-state index in [4.69, 9.17) is 0 Å². The third-order valence-corrected chi connectivity index (χ3v) is 4.21. The van der Waals surface area contributed by atoms with E-state index in [1.165, 1.54) is 14.9 Å². The zero-order valence-corrected chi connectivity index (χ0v) is 11.9. The first-order valence-corrected chi connectivity index (χ1v) is 7.03.